The first-order valence-electron chi connectivity index (χ1n) is 3.93. The highest BCUT2D eigenvalue weighted by molar-refractivity contribution is 8.15. The van der Waals surface area contributed by atoms with Gasteiger partial charge in [-0.25, -0.2) is 9.97 Å². The Morgan fingerprint density at radius 3 is 3.14 bits per heavy atom. The van der Waals surface area contributed by atoms with E-state index in [2.05, 4.69) is 16.2 Å². The lowest BCUT2D eigenvalue weighted by molar-refractivity contribution is 1.02. The molecule has 0 aliphatic rings. The number of aromatic nitrogens is 2. The Morgan fingerprint density at radius 1 is 1.50 bits per heavy atom. The Morgan fingerprint density at radius 2 is 2.36 bits per heavy atom. The lowest BCUT2D eigenvalue weighted by Crippen LogP contribution is -1.94. The monoisotopic (exact) mass is 243 g/mol. The van der Waals surface area contributed by atoms with Gasteiger partial charge in [-0.1, -0.05) is 11.8 Å². The molecule has 0 radical (unpaired) electrons. The molecule has 0 aliphatic heterocycles. The summed E-state index contributed by atoms with van der Waals surface area (Å²) in [5, 5.41) is 4.67. The van der Waals surface area contributed by atoms with Crippen LogP contribution in [0.25, 0.3) is 10.2 Å². The van der Waals surface area contributed by atoms with Gasteiger partial charge in [0.2, 0.25) is 0 Å². The van der Waals surface area contributed by atoms with Gasteiger partial charge in [0, 0.05) is 5.08 Å². The summed E-state index contributed by atoms with van der Waals surface area (Å²) in [4.78, 5) is 9.62. The summed E-state index contributed by atoms with van der Waals surface area (Å²) in [6, 6.07) is 1.96. The number of hydrogen-bond donors (Lipinski definition) is 1. The van der Waals surface area contributed by atoms with Crippen molar-refractivity contribution in [2.45, 2.75) is 5.16 Å². The molecular formula is C8H9N3S3. The Bertz CT molecular complexity index is 440. The molecule has 0 aromatic carbocycles. The predicted molar refractivity (Wildman–Crippen MR) is 66.1 cm³/mol. The van der Waals surface area contributed by atoms with Gasteiger partial charge < -0.3 is 5.73 Å². The summed E-state index contributed by atoms with van der Waals surface area (Å²) in [5.41, 5.74) is 5.81. The molecule has 0 aliphatic carbocycles. The number of rotatable bonds is 3. The van der Waals surface area contributed by atoms with Crippen LogP contribution in [0.3, 0.4) is 0 Å². The van der Waals surface area contributed by atoms with E-state index in [1.807, 2.05) is 11.4 Å². The molecule has 0 fully saturated rings. The van der Waals surface area contributed by atoms with Crippen molar-refractivity contribution in [1.29, 1.82) is 0 Å². The largest absolute Gasteiger partial charge is 0.383 e. The number of hydrogen-bond acceptors (Lipinski definition) is 6. The number of anilines is 1. The number of nitrogens with two attached hydrogens (primary N) is 1. The van der Waals surface area contributed by atoms with Gasteiger partial charge >= 0.3 is 0 Å². The van der Waals surface area contributed by atoms with Crippen LogP contribution in [0.5, 0.6) is 0 Å². The van der Waals surface area contributed by atoms with Crippen molar-refractivity contribution >= 4 is 50.9 Å². The number of nitrogen functional groups attached to an aromatic ring is 1. The first-order chi connectivity index (χ1) is 6.81. The van der Waals surface area contributed by atoms with E-state index >= 15 is 0 Å². The second kappa shape index (κ2) is 4.37. The number of thiophene rings is 1. The first kappa shape index (κ1) is 10.1. The van der Waals surface area contributed by atoms with Gasteiger partial charge in [-0.15, -0.1) is 11.3 Å². The molecule has 6 heteroatoms. The van der Waals surface area contributed by atoms with Crippen LogP contribution in [-0.2, 0) is 0 Å². The van der Waals surface area contributed by atoms with E-state index in [0.717, 1.165) is 20.5 Å². The second-order valence-corrected chi connectivity index (χ2v) is 5.65. The Hall–Kier alpha value is -0.460. The molecule has 0 amide bonds. The molecule has 2 heterocycles. The molecule has 74 valence electrons. The molecule has 2 rings (SSSR count). The van der Waals surface area contributed by atoms with Gasteiger partial charge in [-0.3, -0.25) is 0 Å². The van der Waals surface area contributed by atoms with Gasteiger partial charge in [0.1, 0.15) is 10.6 Å². The molecule has 2 aromatic rings. The minimum atomic E-state index is 0.583. The summed E-state index contributed by atoms with van der Waals surface area (Å²) >= 11 is 4.97. The predicted octanol–water partition coefficient (Wildman–Crippen LogP) is 2.69. The standard InChI is InChI=1S/C8H9N3S3/c1-12-4-14-8-10-6(9)5-2-3-13-7(5)11-8/h2-3H,4H2,1H3,(H2,9,10,11). The normalized spacial score (nSPS) is 10.9. The zero-order valence-electron chi connectivity index (χ0n) is 7.56. The van der Waals surface area contributed by atoms with Crippen LogP contribution >= 0.6 is 34.9 Å². The van der Waals surface area contributed by atoms with E-state index in [1.54, 1.807) is 34.9 Å². The van der Waals surface area contributed by atoms with Crippen LogP contribution in [0.15, 0.2) is 16.6 Å². The number of fused-ring (bicyclic) bond motifs is 1. The van der Waals surface area contributed by atoms with Crippen molar-refractivity contribution in [1.82, 2.24) is 9.97 Å². The van der Waals surface area contributed by atoms with Crippen LogP contribution < -0.4 is 5.73 Å². The van der Waals surface area contributed by atoms with Crippen molar-refractivity contribution in [3.8, 4) is 0 Å². The smallest absolute Gasteiger partial charge is 0.191 e. The Balaban J connectivity index is 2.38. The van der Waals surface area contributed by atoms with Crippen LogP contribution in [0, 0.1) is 0 Å². The zero-order chi connectivity index (χ0) is 9.97. The maximum absolute atomic E-state index is 5.81. The van der Waals surface area contributed by atoms with Crippen molar-refractivity contribution in [2.24, 2.45) is 0 Å². The lowest BCUT2D eigenvalue weighted by atomic mass is 10.4. The van der Waals surface area contributed by atoms with Crippen LogP contribution in [0.1, 0.15) is 0 Å². The average Bonchev–Trinajstić information content (AvgIpc) is 2.63. The van der Waals surface area contributed by atoms with E-state index in [9.17, 15) is 0 Å². The highest BCUT2D eigenvalue weighted by Crippen LogP contribution is 2.27. The quantitative estimate of drug-likeness (QED) is 0.510. The van der Waals surface area contributed by atoms with E-state index in [4.69, 9.17) is 5.73 Å². The van der Waals surface area contributed by atoms with Crippen LogP contribution in [-0.4, -0.2) is 21.3 Å². The highest BCUT2D eigenvalue weighted by Gasteiger charge is 2.05. The maximum Gasteiger partial charge on any atom is 0.191 e. The average molecular weight is 243 g/mol. The molecule has 3 nitrogen and oxygen atoms in total. The summed E-state index contributed by atoms with van der Waals surface area (Å²) in [7, 11) is 0. The molecule has 2 N–H and O–H groups in total. The topological polar surface area (TPSA) is 51.8 Å². The third-order valence-electron chi connectivity index (χ3n) is 1.64. The Kier molecular flexibility index (Phi) is 3.15. The lowest BCUT2D eigenvalue weighted by Gasteiger charge is -2.00. The maximum atomic E-state index is 5.81. The van der Waals surface area contributed by atoms with Gasteiger partial charge in [0.25, 0.3) is 0 Å². The van der Waals surface area contributed by atoms with Gasteiger partial charge in [0.15, 0.2) is 5.16 Å². The molecule has 2 aromatic heterocycles. The molecule has 0 atom stereocenters. The fraction of sp³-hybridized carbons (Fsp3) is 0.250. The van der Waals surface area contributed by atoms with Gasteiger partial charge in [0.05, 0.1) is 5.39 Å². The van der Waals surface area contributed by atoms with E-state index in [1.165, 1.54) is 0 Å². The van der Waals surface area contributed by atoms with Crippen molar-refractivity contribution in [2.75, 3.05) is 17.1 Å². The highest BCUT2D eigenvalue weighted by atomic mass is 32.2. The van der Waals surface area contributed by atoms with E-state index < -0.39 is 0 Å². The third kappa shape index (κ3) is 1.97. The molecule has 0 saturated heterocycles. The molecule has 0 unspecified atom stereocenters. The molecule has 0 bridgehead atoms. The van der Waals surface area contributed by atoms with Crippen molar-refractivity contribution < 1.29 is 0 Å². The van der Waals surface area contributed by atoms with Crippen LogP contribution in [0.2, 0.25) is 0 Å². The Labute approximate surface area is 94.5 Å². The van der Waals surface area contributed by atoms with Gasteiger partial charge in [-0.05, 0) is 17.7 Å². The second-order valence-electron chi connectivity index (χ2n) is 2.58. The fourth-order valence-electron chi connectivity index (χ4n) is 1.03. The van der Waals surface area contributed by atoms with Crippen molar-refractivity contribution in [3.05, 3.63) is 11.4 Å². The van der Waals surface area contributed by atoms with Crippen LogP contribution in [0.4, 0.5) is 5.82 Å². The summed E-state index contributed by atoms with van der Waals surface area (Å²) in [5.74, 6) is 0.583. The summed E-state index contributed by atoms with van der Waals surface area (Å²) in [6.07, 6.45) is 2.06. The third-order valence-corrected chi connectivity index (χ3v) is 4.30. The molecule has 0 saturated carbocycles. The van der Waals surface area contributed by atoms with Crippen molar-refractivity contribution in [3.63, 3.8) is 0 Å². The molecule has 14 heavy (non-hydrogen) atoms. The SMILES string of the molecule is CSCSc1nc(N)c2ccsc2n1. The molecular weight excluding hydrogens is 234 g/mol. The zero-order valence-corrected chi connectivity index (χ0v) is 10.0. The van der Waals surface area contributed by atoms with E-state index in [-0.39, 0.29) is 0 Å². The summed E-state index contributed by atoms with van der Waals surface area (Å²) in [6.45, 7) is 0. The fourth-order valence-corrected chi connectivity index (χ4v) is 3.08. The summed E-state index contributed by atoms with van der Waals surface area (Å²) < 4.78 is 0. The minimum Gasteiger partial charge on any atom is -0.383 e. The number of thioether (sulfide) groups is 2. The number of nitrogens with zero attached hydrogens (tertiary/aromatic N) is 2. The van der Waals surface area contributed by atoms with Gasteiger partial charge in [-0.2, -0.15) is 11.8 Å². The van der Waals surface area contributed by atoms with E-state index in [0.29, 0.717) is 5.82 Å². The first-order valence-corrected chi connectivity index (χ1v) is 7.19. The minimum absolute atomic E-state index is 0.583. The molecule has 0 spiro atoms.